The van der Waals surface area contributed by atoms with Crippen molar-refractivity contribution in [3.63, 3.8) is 0 Å². The lowest BCUT2D eigenvalue weighted by atomic mass is 9.94. The standard InChI is InChI=1S/C24H26ClN3O4S/c1-4-28-15(2)20(23(30)32-13-12-31-3)21(27-24(28)33)16-8-7-9-17(14-16)26-22(29)18-10-5-6-11-19(18)25/h5-11,14,21H,4,12-13H2,1-3H3,(H,26,29)(H,27,33). The molecule has 33 heavy (non-hydrogen) atoms. The Bertz CT molecular complexity index is 1090. The Labute approximate surface area is 203 Å². The number of amides is 1. The zero-order valence-electron chi connectivity index (χ0n) is 18.7. The number of carbonyl (C=O) groups excluding carboxylic acids is 2. The number of anilines is 1. The van der Waals surface area contributed by atoms with Crippen molar-refractivity contribution in [2.45, 2.75) is 19.9 Å². The van der Waals surface area contributed by atoms with Crippen molar-refractivity contribution in [1.82, 2.24) is 10.2 Å². The van der Waals surface area contributed by atoms with Gasteiger partial charge >= 0.3 is 5.97 Å². The maximum Gasteiger partial charge on any atom is 0.338 e. The summed E-state index contributed by atoms with van der Waals surface area (Å²) >= 11 is 11.7. The Balaban J connectivity index is 1.92. The quantitative estimate of drug-likeness (QED) is 0.326. The number of nitrogens with one attached hydrogen (secondary N) is 2. The fraction of sp³-hybridized carbons (Fsp3) is 0.292. The summed E-state index contributed by atoms with van der Waals surface area (Å²) in [5, 5.41) is 6.98. The minimum absolute atomic E-state index is 0.142. The number of esters is 1. The van der Waals surface area contributed by atoms with E-state index in [1.54, 1.807) is 49.6 Å². The molecule has 7 nitrogen and oxygen atoms in total. The number of hydrogen-bond donors (Lipinski definition) is 2. The third-order valence-corrected chi connectivity index (χ3v) is 5.92. The molecule has 1 aliphatic rings. The van der Waals surface area contributed by atoms with Crippen LogP contribution in [0.15, 0.2) is 59.8 Å². The molecule has 1 unspecified atom stereocenters. The van der Waals surface area contributed by atoms with Gasteiger partial charge in [0, 0.05) is 25.0 Å². The average molecular weight is 488 g/mol. The van der Waals surface area contributed by atoms with E-state index in [0.717, 1.165) is 11.3 Å². The summed E-state index contributed by atoms with van der Waals surface area (Å²) in [4.78, 5) is 27.5. The van der Waals surface area contributed by atoms with Crippen LogP contribution in [0, 0.1) is 0 Å². The van der Waals surface area contributed by atoms with Crippen LogP contribution in [0.2, 0.25) is 5.02 Å². The molecule has 0 saturated heterocycles. The van der Waals surface area contributed by atoms with E-state index in [1.165, 1.54) is 0 Å². The van der Waals surface area contributed by atoms with Crippen LogP contribution in [0.25, 0.3) is 0 Å². The SMILES string of the molecule is CCN1C(=S)NC(c2cccc(NC(=O)c3ccccc3Cl)c2)C(C(=O)OCCOC)=C1C. The van der Waals surface area contributed by atoms with E-state index >= 15 is 0 Å². The number of nitrogens with zero attached hydrogens (tertiary/aromatic N) is 1. The first-order valence-corrected chi connectivity index (χ1v) is 11.3. The van der Waals surface area contributed by atoms with Gasteiger partial charge in [-0.2, -0.15) is 0 Å². The van der Waals surface area contributed by atoms with Gasteiger partial charge < -0.3 is 25.0 Å². The van der Waals surface area contributed by atoms with E-state index in [1.807, 2.05) is 24.8 Å². The zero-order valence-corrected chi connectivity index (χ0v) is 20.3. The Morgan fingerprint density at radius 2 is 1.94 bits per heavy atom. The Hall–Kier alpha value is -2.94. The molecule has 9 heteroatoms. The van der Waals surface area contributed by atoms with Crippen molar-refractivity contribution in [2.75, 3.05) is 32.2 Å². The minimum atomic E-state index is -0.535. The van der Waals surface area contributed by atoms with E-state index in [9.17, 15) is 9.59 Å². The normalized spacial score (nSPS) is 15.8. The van der Waals surface area contributed by atoms with Crippen molar-refractivity contribution < 1.29 is 19.1 Å². The fourth-order valence-electron chi connectivity index (χ4n) is 3.61. The second kappa shape index (κ2) is 11.3. The first kappa shape index (κ1) is 24.7. The Morgan fingerprint density at radius 1 is 1.18 bits per heavy atom. The summed E-state index contributed by atoms with van der Waals surface area (Å²) in [6.45, 7) is 4.85. The lowest BCUT2D eigenvalue weighted by molar-refractivity contribution is -0.140. The van der Waals surface area contributed by atoms with Crippen molar-refractivity contribution >= 4 is 46.5 Å². The highest BCUT2D eigenvalue weighted by Crippen LogP contribution is 2.32. The summed E-state index contributed by atoms with van der Waals surface area (Å²) in [5.74, 6) is -0.776. The first-order valence-electron chi connectivity index (χ1n) is 10.5. The molecule has 0 aliphatic carbocycles. The molecule has 2 aromatic carbocycles. The van der Waals surface area contributed by atoms with Crippen LogP contribution in [-0.2, 0) is 14.3 Å². The molecule has 1 aliphatic heterocycles. The van der Waals surface area contributed by atoms with Crippen LogP contribution in [0.5, 0.6) is 0 Å². The van der Waals surface area contributed by atoms with Crippen LogP contribution in [0.3, 0.4) is 0 Å². The Kier molecular flexibility index (Phi) is 8.43. The molecule has 0 fully saturated rings. The molecular weight excluding hydrogens is 462 g/mol. The summed E-state index contributed by atoms with van der Waals surface area (Å²) in [6.07, 6.45) is 0. The first-order chi connectivity index (χ1) is 15.9. The van der Waals surface area contributed by atoms with Crippen LogP contribution in [0.4, 0.5) is 5.69 Å². The van der Waals surface area contributed by atoms with E-state index in [0.29, 0.717) is 40.1 Å². The Morgan fingerprint density at radius 3 is 2.64 bits per heavy atom. The largest absolute Gasteiger partial charge is 0.460 e. The molecule has 1 amide bonds. The molecule has 3 rings (SSSR count). The summed E-state index contributed by atoms with van der Waals surface area (Å²) in [5.41, 5.74) is 2.87. The van der Waals surface area contributed by atoms with Gasteiger partial charge in [0.2, 0.25) is 0 Å². The number of ether oxygens (including phenoxy) is 2. The molecule has 2 N–H and O–H groups in total. The number of methoxy groups -OCH3 is 1. The predicted octanol–water partition coefficient (Wildman–Crippen LogP) is 4.31. The molecule has 0 bridgehead atoms. The summed E-state index contributed by atoms with van der Waals surface area (Å²) in [7, 11) is 1.54. The highest BCUT2D eigenvalue weighted by molar-refractivity contribution is 7.80. The van der Waals surface area contributed by atoms with Gasteiger partial charge in [0.1, 0.15) is 6.61 Å². The van der Waals surface area contributed by atoms with Crippen molar-refractivity contribution in [3.8, 4) is 0 Å². The van der Waals surface area contributed by atoms with Crippen molar-refractivity contribution in [3.05, 3.63) is 76.0 Å². The zero-order chi connectivity index (χ0) is 24.0. The number of hydrogen-bond acceptors (Lipinski definition) is 5. The van der Waals surface area contributed by atoms with Crippen LogP contribution >= 0.6 is 23.8 Å². The van der Waals surface area contributed by atoms with E-state index in [2.05, 4.69) is 10.6 Å². The number of halogens is 1. The van der Waals surface area contributed by atoms with Gasteiger partial charge in [0.15, 0.2) is 5.11 Å². The second-order valence-electron chi connectivity index (χ2n) is 7.31. The topological polar surface area (TPSA) is 79.9 Å². The highest BCUT2D eigenvalue weighted by Gasteiger charge is 2.34. The monoisotopic (exact) mass is 487 g/mol. The third-order valence-electron chi connectivity index (χ3n) is 5.25. The average Bonchev–Trinajstić information content (AvgIpc) is 2.79. The number of benzene rings is 2. The van der Waals surface area contributed by atoms with E-state index in [4.69, 9.17) is 33.3 Å². The summed E-state index contributed by atoms with van der Waals surface area (Å²) in [6, 6.07) is 13.5. The lowest BCUT2D eigenvalue weighted by Crippen LogP contribution is -2.47. The van der Waals surface area contributed by atoms with Gasteiger partial charge in [-0.25, -0.2) is 4.79 Å². The molecule has 0 saturated carbocycles. The fourth-order valence-corrected chi connectivity index (χ4v) is 4.22. The minimum Gasteiger partial charge on any atom is -0.460 e. The second-order valence-corrected chi connectivity index (χ2v) is 8.11. The molecule has 1 atom stereocenters. The third kappa shape index (κ3) is 5.71. The molecule has 174 valence electrons. The van der Waals surface area contributed by atoms with Crippen molar-refractivity contribution in [2.24, 2.45) is 0 Å². The van der Waals surface area contributed by atoms with Gasteiger partial charge in [-0.15, -0.1) is 0 Å². The van der Waals surface area contributed by atoms with E-state index in [-0.39, 0.29) is 12.5 Å². The summed E-state index contributed by atoms with van der Waals surface area (Å²) < 4.78 is 10.4. The maximum atomic E-state index is 13.0. The van der Waals surface area contributed by atoms with Gasteiger partial charge in [-0.1, -0.05) is 35.9 Å². The van der Waals surface area contributed by atoms with Gasteiger partial charge in [-0.3, -0.25) is 4.79 Å². The smallest absolute Gasteiger partial charge is 0.338 e. The number of allylic oxidation sites excluding steroid dienone is 1. The molecule has 0 spiro atoms. The molecular formula is C24H26ClN3O4S. The number of thiocarbonyl (C=S) groups is 1. The van der Waals surface area contributed by atoms with Gasteiger partial charge in [0.25, 0.3) is 5.91 Å². The molecule has 0 radical (unpaired) electrons. The lowest BCUT2D eigenvalue weighted by Gasteiger charge is -2.37. The van der Waals surface area contributed by atoms with Gasteiger partial charge in [-0.05, 0) is 55.9 Å². The van der Waals surface area contributed by atoms with Gasteiger partial charge in [0.05, 0.1) is 28.8 Å². The molecule has 1 heterocycles. The van der Waals surface area contributed by atoms with E-state index < -0.39 is 12.0 Å². The van der Waals surface area contributed by atoms with Crippen LogP contribution < -0.4 is 10.6 Å². The van der Waals surface area contributed by atoms with Crippen molar-refractivity contribution in [1.29, 1.82) is 0 Å². The predicted molar refractivity (Wildman–Crippen MR) is 132 cm³/mol. The van der Waals surface area contributed by atoms with Crippen LogP contribution in [0.1, 0.15) is 35.8 Å². The maximum absolute atomic E-state index is 13.0. The molecule has 2 aromatic rings. The number of rotatable bonds is 8. The highest BCUT2D eigenvalue weighted by atomic mass is 35.5. The van der Waals surface area contributed by atoms with Crippen LogP contribution in [-0.4, -0.2) is 48.8 Å². The molecule has 0 aromatic heterocycles. The number of carbonyl (C=O) groups is 2.